The highest BCUT2D eigenvalue weighted by atomic mass is 79.9. The van der Waals surface area contributed by atoms with Crippen LogP contribution in [0.25, 0.3) is 0 Å². The van der Waals surface area contributed by atoms with Crippen molar-refractivity contribution < 1.29 is 28.7 Å². The first-order valence-corrected chi connectivity index (χ1v) is 14.7. The minimum Gasteiger partial charge on any atom is -0.456 e. The Bertz CT molecular complexity index is 1190. The Kier molecular flexibility index (Phi) is 12.2. The van der Waals surface area contributed by atoms with Gasteiger partial charge in [0.25, 0.3) is 0 Å². The summed E-state index contributed by atoms with van der Waals surface area (Å²) in [7, 11) is 0. The van der Waals surface area contributed by atoms with E-state index >= 15 is 0 Å². The number of hydrogen-bond acceptors (Lipinski definition) is 6. The van der Waals surface area contributed by atoms with E-state index in [1.165, 1.54) is 4.90 Å². The molecule has 0 aromatic heterocycles. The van der Waals surface area contributed by atoms with Gasteiger partial charge in [0.15, 0.2) is 18.2 Å². The van der Waals surface area contributed by atoms with E-state index in [-0.39, 0.29) is 18.2 Å². The van der Waals surface area contributed by atoms with E-state index < -0.39 is 23.7 Å². The zero-order valence-corrected chi connectivity index (χ0v) is 26.9. The monoisotopic (exact) mass is 715 g/mol. The third-order valence-electron chi connectivity index (χ3n) is 5.58. The fourth-order valence-electron chi connectivity index (χ4n) is 3.58. The molecule has 1 fully saturated rings. The molecule has 0 N–H and O–H groups in total. The number of Topliss-reactive ketones (excluding diaryl/α,β-unsaturated/α-hetero) is 2. The van der Waals surface area contributed by atoms with E-state index in [0.29, 0.717) is 30.3 Å². The maximum absolute atomic E-state index is 12.4. The molecule has 1 saturated heterocycles. The number of ether oxygens (including phenoxy) is 2. The van der Waals surface area contributed by atoms with Crippen LogP contribution in [0.2, 0.25) is 0 Å². The molecular formula is C28H32Br3NO6. The molecule has 0 saturated carbocycles. The Hall–Kier alpha value is -2.04. The lowest BCUT2D eigenvalue weighted by atomic mass is 10.1. The molecular weight excluding hydrogens is 686 g/mol. The molecule has 3 rings (SSSR count). The standard InChI is InChI=1S/C19H24BrNO5.C9H8Br2O/c1-12-10-13(7-8-14(12)20)16(22)11-25-17(23)15-6-5-9-21(15)18(24)26-19(2,3)4;1-6-4-7(9(12)5-10)2-3-8(6)11/h7-8,10,15H,5-6,9,11H2,1-4H3;2-4H,5H2,1H3/t15-;/m0./s1. The Morgan fingerprint density at radius 1 is 0.921 bits per heavy atom. The molecule has 1 amide bonds. The molecule has 1 aliphatic heterocycles. The average Bonchev–Trinajstić information content (AvgIpc) is 3.35. The van der Waals surface area contributed by atoms with Crippen LogP contribution in [0.15, 0.2) is 45.3 Å². The van der Waals surface area contributed by atoms with Crippen molar-refractivity contribution in [2.75, 3.05) is 18.5 Å². The van der Waals surface area contributed by atoms with Crippen LogP contribution >= 0.6 is 47.8 Å². The largest absolute Gasteiger partial charge is 0.456 e. The molecule has 38 heavy (non-hydrogen) atoms. The van der Waals surface area contributed by atoms with Gasteiger partial charge in [-0.1, -0.05) is 59.9 Å². The number of carbonyl (C=O) groups is 4. The highest BCUT2D eigenvalue weighted by Crippen LogP contribution is 2.22. The van der Waals surface area contributed by atoms with Crippen LogP contribution in [0.3, 0.4) is 0 Å². The highest BCUT2D eigenvalue weighted by Gasteiger charge is 2.37. The molecule has 1 aliphatic rings. The first-order chi connectivity index (χ1) is 17.7. The zero-order chi connectivity index (χ0) is 28.6. The lowest BCUT2D eigenvalue weighted by Gasteiger charge is -2.27. The maximum atomic E-state index is 12.4. The van der Waals surface area contributed by atoms with E-state index in [0.717, 1.165) is 25.6 Å². The van der Waals surface area contributed by atoms with E-state index in [9.17, 15) is 19.2 Å². The summed E-state index contributed by atoms with van der Waals surface area (Å²) in [6.45, 7) is 9.25. The summed E-state index contributed by atoms with van der Waals surface area (Å²) < 4.78 is 12.4. The zero-order valence-electron chi connectivity index (χ0n) is 22.1. The quantitative estimate of drug-likeness (QED) is 0.178. The number of ketones is 2. The number of hydrogen-bond donors (Lipinski definition) is 0. The van der Waals surface area contributed by atoms with Gasteiger partial charge in [0.1, 0.15) is 11.6 Å². The predicted molar refractivity (Wildman–Crippen MR) is 157 cm³/mol. The van der Waals surface area contributed by atoms with Crippen molar-refractivity contribution in [1.82, 2.24) is 4.90 Å². The first-order valence-electron chi connectivity index (χ1n) is 12.0. The lowest BCUT2D eigenvalue weighted by Crippen LogP contribution is -2.44. The van der Waals surface area contributed by atoms with Gasteiger partial charge < -0.3 is 9.47 Å². The number of likely N-dealkylation sites (tertiary alicyclic amines) is 1. The summed E-state index contributed by atoms with van der Waals surface area (Å²) in [5, 5.41) is 0.383. The summed E-state index contributed by atoms with van der Waals surface area (Å²) in [5.41, 5.74) is 2.61. The van der Waals surface area contributed by atoms with Gasteiger partial charge in [-0.15, -0.1) is 0 Å². The molecule has 10 heteroatoms. The smallest absolute Gasteiger partial charge is 0.411 e. The number of carbonyl (C=O) groups excluding carboxylic acids is 4. The van der Waals surface area contributed by atoms with Crippen molar-refractivity contribution in [2.24, 2.45) is 0 Å². The maximum Gasteiger partial charge on any atom is 0.411 e. The van der Waals surface area contributed by atoms with E-state index in [1.54, 1.807) is 39.0 Å². The Morgan fingerprint density at radius 2 is 1.45 bits per heavy atom. The van der Waals surface area contributed by atoms with Crippen molar-refractivity contribution in [3.05, 3.63) is 67.6 Å². The number of benzene rings is 2. The average molecular weight is 718 g/mol. The summed E-state index contributed by atoms with van der Waals surface area (Å²) in [5.74, 6) is -0.739. The third-order valence-corrected chi connectivity index (χ3v) is 7.87. The summed E-state index contributed by atoms with van der Waals surface area (Å²) in [4.78, 5) is 49.4. The molecule has 2 aromatic rings. The number of esters is 1. The predicted octanol–water partition coefficient (Wildman–Crippen LogP) is 7.22. The number of aryl methyl sites for hydroxylation is 2. The van der Waals surface area contributed by atoms with Crippen LogP contribution in [0.4, 0.5) is 4.79 Å². The molecule has 0 radical (unpaired) electrons. The van der Waals surface area contributed by atoms with E-state index in [2.05, 4.69) is 47.8 Å². The van der Waals surface area contributed by atoms with Crippen molar-refractivity contribution in [2.45, 2.75) is 59.1 Å². The molecule has 7 nitrogen and oxygen atoms in total. The normalized spacial score (nSPS) is 14.8. The lowest BCUT2D eigenvalue weighted by molar-refractivity contribution is -0.147. The SMILES string of the molecule is Cc1cc(C(=O)CBr)ccc1Br.Cc1cc(C(=O)COC(=O)[C@@H]2CCCN2C(=O)OC(C)(C)C)ccc1Br. The molecule has 206 valence electrons. The van der Waals surface area contributed by atoms with Gasteiger partial charge in [-0.05, 0) is 82.9 Å². The van der Waals surface area contributed by atoms with E-state index in [1.807, 2.05) is 32.0 Å². The molecule has 1 heterocycles. The second-order valence-electron chi connectivity index (χ2n) is 9.85. The van der Waals surface area contributed by atoms with Gasteiger partial charge in [0, 0.05) is 26.6 Å². The fourth-order valence-corrected chi connectivity index (χ4v) is 4.40. The molecule has 1 atom stereocenters. The Morgan fingerprint density at radius 3 is 1.92 bits per heavy atom. The molecule has 0 bridgehead atoms. The Balaban J connectivity index is 0.000000352. The van der Waals surface area contributed by atoms with Gasteiger partial charge in [0.2, 0.25) is 0 Å². The number of nitrogens with zero attached hydrogens (tertiary/aromatic N) is 1. The van der Waals surface area contributed by atoms with Gasteiger partial charge in [-0.3, -0.25) is 14.5 Å². The Labute approximate surface area is 249 Å². The highest BCUT2D eigenvalue weighted by molar-refractivity contribution is 9.11. The number of rotatable bonds is 6. The van der Waals surface area contributed by atoms with Gasteiger partial charge in [-0.25, -0.2) is 9.59 Å². The first kappa shape index (κ1) is 32.2. The van der Waals surface area contributed by atoms with Crippen molar-refractivity contribution in [3.63, 3.8) is 0 Å². The van der Waals surface area contributed by atoms with Crippen molar-refractivity contribution in [3.8, 4) is 0 Å². The molecule has 0 aliphatic carbocycles. The molecule has 0 unspecified atom stereocenters. The van der Waals surface area contributed by atoms with Gasteiger partial charge in [-0.2, -0.15) is 0 Å². The second-order valence-corrected chi connectivity index (χ2v) is 12.1. The number of amides is 1. The topological polar surface area (TPSA) is 90.0 Å². The van der Waals surface area contributed by atoms with Gasteiger partial charge >= 0.3 is 12.1 Å². The minimum atomic E-state index is -0.704. The number of alkyl halides is 1. The summed E-state index contributed by atoms with van der Waals surface area (Å²) >= 11 is 9.89. The van der Waals surface area contributed by atoms with Crippen LogP contribution in [-0.2, 0) is 14.3 Å². The van der Waals surface area contributed by atoms with Crippen LogP contribution in [-0.4, -0.2) is 58.7 Å². The molecule has 2 aromatic carbocycles. The van der Waals surface area contributed by atoms with E-state index in [4.69, 9.17) is 9.47 Å². The third kappa shape index (κ3) is 9.61. The minimum absolute atomic E-state index is 0.116. The fraction of sp³-hybridized carbons (Fsp3) is 0.429. The van der Waals surface area contributed by atoms with Gasteiger partial charge in [0.05, 0.1) is 5.33 Å². The van der Waals surface area contributed by atoms with Crippen molar-refractivity contribution >= 4 is 71.4 Å². The summed E-state index contributed by atoms with van der Waals surface area (Å²) in [6, 6.07) is 10.1. The van der Waals surface area contributed by atoms with Crippen molar-refractivity contribution in [1.29, 1.82) is 0 Å². The molecule has 0 spiro atoms. The van der Waals surface area contributed by atoms with Crippen LogP contribution in [0.5, 0.6) is 0 Å². The number of halogens is 3. The second kappa shape index (κ2) is 14.4. The summed E-state index contributed by atoms with van der Waals surface area (Å²) in [6.07, 6.45) is 0.662. The van der Waals surface area contributed by atoms with Crippen LogP contribution in [0.1, 0.15) is 65.5 Å². The van der Waals surface area contributed by atoms with Crippen LogP contribution < -0.4 is 0 Å². The van der Waals surface area contributed by atoms with Crippen LogP contribution in [0, 0.1) is 13.8 Å².